The van der Waals surface area contributed by atoms with Crippen LogP contribution in [0.3, 0.4) is 0 Å². The van der Waals surface area contributed by atoms with Gasteiger partial charge in [0.25, 0.3) is 0 Å². The molecule has 0 bridgehead atoms. The van der Waals surface area contributed by atoms with E-state index in [0.29, 0.717) is 5.56 Å². The molecule has 1 nitrogen and oxygen atoms in total. The smallest absolute Gasteiger partial charge is 0.123 e. The van der Waals surface area contributed by atoms with Gasteiger partial charge in [-0.3, -0.25) is 0 Å². The minimum absolute atomic E-state index is 0.381. The molecule has 1 unspecified atom stereocenters. The Morgan fingerprint density at radius 3 is 2.25 bits per heavy atom. The van der Waals surface area contributed by atoms with Crippen LogP contribution < -0.4 is 0 Å². The van der Waals surface area contributed by atoms with Crippen LogP contribution in [0, 0.1) is 5.82 Å². The zero-order valence-corrected chi connectivity index (χ0v) is 6.72. The van der Waals surface area contributed by atoms with E-state index in [0.717, 1.165) is 0 Å². The van der Waals surface area contributed by atoms with Gasteiger partial charge in [-0.1, -0.05) is 12.1 Å². The highest BCUT2D eigenvalue weighted by Gasteiger charge is 2.22. The molecule has 0 fully saturated rings. The molecular weight excluding hydrogens is 162 g/mol. The molecule has 0 aliphatic carbocycles. The molecule has 3 heteroatoms. The maximum atomic E-state index is 12.4. The molecule has 0 heterocycles. The van der Waals surface area contributed by atoms with Crippen LogP contribution in [-0.4, -0.2) is 11.8 Å². The third-order valence-corrected chi connectivity index (χ3v) is 1.73. The second-order valence-corrected chi connectivity index (χ2v) is 2.91. The van der Waals surface area contributed by atoms with Crippen LogP contribution in [0.2, 0.25) is 0 Å². The minimum Gasteiger partial charge on any atom is -0.383 e. The minimum atomic E-state index is -1.51. The van der Waals surface area contributed by atoms with Gasteiger partial charge in [-0.15, -0.1) is 0 Å². The fraction of sp³-hybridized carbons (Fsp3) is 0.333. The van der Waals surface area contributed by atoms with Crippen LogP contribution >= 0.6 is 0 Å². The van der Waals surface area contributed by atoms with Gasteiger partial charge in [-0.05, 0) is 24.6 Å². The monoisotopic (exact) mass is 172 g/mol. The standard InChI is InChI=1S/C9H10F2O/c1-9(12,6-10)7-2-4-8(11)5-3-7/h2-5,12H,6H2,1H3. The van der Waals surface area contributed by atoms with Crippen molar-refractivity contribution in [3.05, 3.63) is 35.6 Å². The molecule has 0 aliphatic rings. The molecular formula is C9H10F2O. The van der Waals surface area contributed by atoms with Gasteiger partial charge in [0.1, 0.15) is 18.1 Å². The van der Waals surface area contributed by atoms with Crippen molar-refractivity contribution < 1.29 is 13.9 Å². The summed E-state index contributed by atoms with van der Waals surface area (Å²) in [5.74, 6) is -0.395. The first-order valence-corrected chi connectivity index (χ1v) is 3.60. The number of rotatable bonds is 2. The van der Waals surface area contributed by atoms with E-state index in [2.05, 4.69) is 0 Å². The number of benzene rings is 1. The van der Waals surface area contributed by atoms with Gasteiger partial charge in [-0.2, -0.15) is 0 Å². The molecule has 1 aromatic rings. The quantitative estimate of drug-likeness (QED) is 0.723. The fourth-order valence-electron chi connectivity index (χ4n) is 0.886. The molecule has 0 amide bonds. The van der Waals surface area contributed by atoms with Crippen molar-refractivity contribution in [1.29, 1.82) is 0 Å². The second kappa shape index (κ2) is 3.19. The molecule has 1 atom stereocenters. The Morgan fingerprint density at radius 2 is 1.83 bits per heavy atom. The first kappa shape index (κ1) is 9.13. The molecule has 0 radical (unpaired) electrons. The second-order valence-electron chi connectivity index (χ2n) is 2.91. The van der Waals surface area contributed by atoms with Gasteiger partial charge >= 0.3 is 0 Å². The van der Waals surface area contributed by atoms with Crippen molar-refractivity contribution in [2.24, 2.45) is 0 Å². The van der Waals surface area contributed by atoms with Crippen molar-refractivity contribution in [3.8, 4) is 0 Å². The topological polar surface area (TPSA) is 20.2 Å². The predicted octanol–water partition coefficient (Wildman–Crippen LogP) is 2.00. The summed E-state index contributed by atoms with van der Waals surface area (Å²) in [7, 11) is 0. The molecule has 1 N–H and O–H groups in total. The lowest BCUT2D eigenvalue weighted by atomic mass is 9.98. The summed E-state index contributed by atoms with van der Waals surface area (Å²) < 4.78 is 24.6. The maximum Gasteiger partial charge on any atom is 0.123 e. The van der Waals surface area contributed by atoms with Gasteiger partial charge in [0.2, 0.25) is 0 Å². The Kier molecular flexibility index (Phi) is 2.43. The average molecular weight is 172 g/mol. The van der Waals surface area contributed by atoms with Crippen LogP contribution in [0.4, 0.5) is 8.78 Å². The van der Waals surface area contributed by atoms with Crippen LogP contribution in [0.5, 0.6) is 0 Å². The summed E-state index contributed by atoms with van der Waals surface area (Å²) in [6.45, 7) is 0.471. The lowest BCUT2D eigenvalue weighted by molar-refractivity contribution is 0.0299. The zero-order valence-electron chi connectivity index (χ0n) is 6.72. The van der Waals surface area contributed by atoms with Crippen LogP contribution in [-0.2, 0) is 5.60 Å². The molecule has 0 saturated carbocycles. The molecule has 1 rings (SSSR count). The zero-order chi connectivity index (χ0) is 9.19. The number of aliphatic hydroxyl groups is 1. The lowest BCUT2D eigenvalue weighted by Crippen LogP contribution is -2.23. The van der Waals surface area contributed by atoms with Crippen LogP contribution in [0.15, 0.2) is 24.3 Å². The van der Waals surface area contributed by atoms with Gasteiger partial charge in [-0.25, -0.2) is 8.78 Å². The van der Waals surface area contributed by atoms with Gasteiger partial charge in [0.05, 0.1) is 0 Å². The fourth-order valence-corrected chi connectivity index (χ4v) is 0.886. The summed E-state index contributed by atoms with van der Waals surface area (Å²) >= 11 is 0. The highest BCUT2D eigenvalue weighted by molar-refractivity contribution is 5.22. The molecule has 0 aromatic heterocycles. The summed E-state index contributed by atoms with van der Waals surface area (Å²) in [5, 5.41) is 9.39. The number of alkyl halides is 1. The Labute approximate surface area is 69.7 Å². The number of hydrogen-bond acceptors (Lipinski definition) is 1. The van der Waals surface area contributed by atoms with Gasteiger partial charge in [0.15, 0.2) is 0 Å². The van der Waals surface area contributed by atoms with E-state index in [1.54, 1.807) is 0 Å². The predicted molar refractivity (Wildman–Crippen MR) is 41.9 cm³/mol. The number of halogens is 2. The lowest BCUT2D eigenvalue weighted by Gasteiger charge is -2.19. The molecule has 0 saturated heterocycles. The van der Waals surface area contributed by atoms with Crippen molar-refractivity contribution >= 4 is 0 Å². The SMILES string of the molecule is CC(O)(CF)c1ccc(F)cc1. The van der Waals surface area contributed by atoms with E-state index in [9.17, 15) is 13.9 Å². The third kappa shape index (κ3) is 1.80. The summed E-state index contributed by atoms with van der Waals surface area (Å²) in [6.07, 6.45) is 0. The van der Waals surface area contributed by atoms with E-state index >= 15 is 0 Å². The average Bonchev–Trinajstić information content (AvgIpc) is 2.05. The van der Waals surface area contributed by atoms with E-state index in [4.69, 9.17) is 0 Å². The summed E-state index contributed by atoms with van der Waals surface area (Å²) in [4.78, 5) is 0. The van der Waals surface area contributed by atoms with Gasteiger partial charge in [0, 0.05) is 0 Å². The molecule has 0 aliphatic heterocycles. The van der Waals surface area contributed by atoms with E-state index in [1.165, 1.54) is 31.2 Å². The van der Waals surface area contributed by atoms with Crippen molar-refractivity contribution in [3.63, 3.8) is 0 Å². The largest absolute Gasteiger partial charge is 0.383 e. The van der Waals surface area contributed by atoms with Crippen LogP contribution in [0.1, 0.15) is 12.5 Å². The number of hydrogen-bond donors (Lipinski definition) is 1. The van der Waals surface area contributed by atoms with E-state index < -0.39 is 18.1 Å². The Morgan fingerprint density at radius 1 is 1.33 bits per heavy atom. The third-order valence-electron chi connectivity index (χ3n) is 1.73. The van der Waals surface area contributed by atoms with Crippen molar-refractivity contribution in [2.75, 3.05) is 6.67 Å². The van der Waals surface area contributed by atoms with Crippen molar-refractivity contribution in [2.45, 2.75) is 12.5 Å². The normalized spacial score (nSPS) is 15.7. The first-order chi connectivity index (χ1) is 5.56. The maximum absolute atomic E-state index is 12.4. The summed E-state index contributed by atoms with van der Waals surface area (Å²) in [6, 6.07) is 5.13. The van der Waals surface area contributed by atoms with E-state index in [-0.39, 0.29) is 0 Å². The molecule has 66 valence electrons. The highest BCUT2D eigenvalue weighted by atomic mass is 19.1. The molecule has 1 aromatic carbocycles. The summed E-state index contributed by atoms with van der Waals surface area (Å²) in [5.41, 5.74) is -1.13. The molecule has 12 heavy (non-hydrogen) atoms. The van der Waals surface area contributed by atoms with Crippen LogP contribution in [0.25, 0.3) is 0 Å². The Hall–Kier alpha value is -0.960. The van der Waals surface area contributed by atoms with Crippen molar-refractivity contribution in [1.82, 2.24) is 0 Å². The molecule has 0 spiro atoms. The Balaban J connectivity index is 2.96. The Bertz CT molecular complexity index is 254. The van der Waals surface area contributed by atoms with Gasteiger partial charge < -0.3 is 5.11 Å². The van der Waals surface area contributed by atoms with E-state index in [1.807, 2.05) is 0 Å². The highest BCUT2D eigenvalue weighted by Crippen LogP contribution is 2.20. The first-order valence-electron chi connectivity index (χ1n) is 3.60.